The standard InChI is InChI=1S/C19H22N2O2/c1-23-18(22)13-11-12-5-4-9-21-10-8-19(17(12)21)14-6-2-3-7-15(14)20-16(13)19/h2-3,6-7,12,17,20H,4-5,8-11H2,1H3/t12-,17-,19-/m0/s1. The third-order valence-electron chi connectivity index (χ3n) is 6.47. The molecule has 0 saturated carbocycles. The molecule has 1 aliphatic carbocycles. The highest BCUT2D eigenvalue weighted by Gasteiger charge is 2.61. The Kier molecular flexibility index (Phi) is 2.72. The van der Waals surface area contributed by atoms with Gasteiger partial charge in [-0.1, -0.05) is 18.2 Å². The molecule has 1 spiro atoms. The number of methoxy groups -OCH3 is 1. The van der Waals surface area contributed by atoms with Crippen molar-refractivity contribution in [2.24, 2.45) is 5.92 Å². The monoisotopic (exact) mass is 310 g/mol. The number of esters is 1. The van der Waals surface area contributed by atoms with E-state index < -0.39 is 0 Å². The largest absolute Gasteiger partial charge is 0.466 e. The first kappa shape index (κ1) is 13.6. The number of hydrogen-bond donors (Lipinski definition) is 1. The number of ether oxygens (including phenoxy) is 1. The third kappa shape index (κ3) is 1.57. The maximum atomic E-state index is 12.5. The fourth-order valence-corrected chi connectivity index (χ4v) is 5.74. The van der Waals surface area contributed by atoms with Gasteiger partial charge in [0.15, 0.2) is 0 Å². The summed E-state index contributed by atoms with van der Waals surface area (Å²) < 4.78 is 5.13. The molecular formula is C19H22N2O2. The van der Waals surface area contributed by atoms with Gasteiger partial charge in [0, 0.05) is 17.4 Å². The number of anilines is 1. The first-order valence-corrected chi connectivity index (χ1v) is 8.68. The Labute approximate surface area is 136 Å². The van der Waals surface area contributed by atoms with E-state index in [9.17, 15) is 4.79 Å². The number of carbonyl (C=O) groups is 1. The molecule has 2 fully saturated rings. The van der Waals surface area contributed by atoms with Crippen molar-refractivity contribution in [2.45, 2.75) is 37.1 Å². The van der Waals surface area contributed by atoms with Crippen molar-refractivity contribution in [3.63, 3.8) is 0 Å². The predicted octanol–water partition coefficient (Wildman–Crippen LogP) is 2.67. The number of nitrogens with zero attached hydrogens (tertiary/aromatic N) is 1. The van der Waals surface area contributed by atoms with Crippen LogP contribution in [-0.2, 0) is 14.9 Å². The summed E-state index contributed by atoms with van der Waals surface area (Å²) in [5, 5.41) is 3.61. The van der Waals surface area contributed by atoms with Crippen LogP contribution in [0.2, 0.25) is 0 Å². The van der Waals surface area contributed by atoms with Crippen molar-refractivity contribution in [3.05, 3.63) is 41.1 Å². The van der Waals surface area contributed by atoms with Crippen LogP contribution in [0.3, 0.4) is 0 Å². The van der Waals surface area contributed by atoms with Gasteiger partial charge in [-0.2, -0.15) is 0 Å². The number of nitrogens with one attached hydrogen (secondary N) is 1. The molecule has 0 bridgehead atoms. The lowest BCUT2D eigenvalue weighted by Crippen LogP contribution is -2.53. The molecule has 5 rings (SSSR count). The average Bonchev–Trinajstić information content (AvgIpc) is 3.14. The molecule has 1 aromatic carbocycles. The predicted molar refractivity (Wildman–Crippen MR) is 88.1 cm³/mol. The van der Waals surface area contributed by atoms with Gasteiger partial charge in [0.1, 0.15) is 0 Å². The lowest BCUT2D eigenvalue weighted by atomic mass is 9.62. The highest BCUT2D eigenvalue weighted by molar-refractivity contribution is 5.93. The SMILES string of the molecule is COC(=O)C1=C2Nc3ccccc3[C@@]23CCN2CCC[C@@H](C1)[C@H]23. The zero-order chi connectivity index (χ0) is 15.6. The fourth-order valence-electron chi connectivity index (χ4n) is 5.74. The maximum Gasteiger partial charge on any atom is 0.335 e. The molecule has 0 aromatic heterocycles. The zero-order valence-corrected chi connectivity index (χ0v) is 13.5. The molecule has 4 nitrogen and oxygen atoms in total. The van der Waals surface area contributed by atoms with Crippen molar-refractivity contribution < 1.29 is 9.53 Å². The molecule has 120 valence electrons. The molecule has 1 N–H and O–H groups in total. The third-order valence-corrected chi connectivity index (χ3v) is 6.47. The molecule has 0 unspecified atom stereocenters. The lowest BCUT2D eigenvalue weighted by molar-refractivity contribution is -0.136. The van der Waals surface area contributed by atoms with Gasteiger partial charge >= 0.3 is 5.97 Å². The molecule has 2 saturated heterocycles. The molecular weight excluding hydrogens is 288 g/mol. The minimum absolute atomic E-state index is 0.0244. The highest BCUT2D eigenvalue weighted by Crippen LogP contribution is 2.60. The van der Waals surface area contributed by atoms with Crippen LogP contribution in [0, 0.1) is 5.92 Å². The van der Waals surface area contributed by atoms with E-state index in [0.717, 1.165) is 30.7 Å². The van der Waals surface area contributed by atoms with E-state index in [1.165, 1.54) is 37.7 Å². The Morgan fingerprint density at radius 1 is 1.35 bits per heavy atom. The molecule has 23 heavy (non-hydrogen) atoms. The number of benzene rings is 1. The van der Waals surface area contributed by atoms with Crippen LogP contribution in [0.25, 0.3) is 0 Å². The van der Waals surface area contributed by atoms with Gasteiger partial charge in [0.2, 0.25) is 0 Å². The smallest absolute Gasteiger partial charge is 0.335 e. The zero-order valence-electron chi connectivity index (χ0n) is 13.5. The molecule has 0 amide bonds. The lowest BCUT2D eigenvalue weighted by Gasteiger charge is -2.48. The van der Waals surface area contributed by atoms with E-state index in [-0.39, 0.29) is 11.4 Å². The number of rotatable bonds is 1. The summed E-state index contributed by atoms with van der Waals surface area (Å²) in [6.07, 6.45) is 4.43. The topological polar surface area (TPSA) is 41.6 Å². The van der Waals surface area contributed by atoms with Crippen LogP contribution in [0.4, 0.5) is 5.69 Å². The Morgan fingerprint density at radius 2 is 2.22 bits per heavy atom. The summed E-state index contributed by atoms with van der Waals surface area (Å²) in [5.74, 6) is 0.416. The quantitative estimate of drug-likeness (QED) is 0.810. The second-order valence-electron chi connectivity index (χ2n) is 7.32. The first-order chi connectivity index (χ1) is 11.3. The van der Waals surface area contributed by atoms with Crippen LogP contribution in [-0.4, -0.2) is 37.1 Å². The molecule has 3 aliphatic heterocycles. The normalized spacial score (nSPS) is 34.5. The number of hydrogen-bond acceptors (Lipinski definition) is 4. The van der Waals surface area contributed by atoms with Crippen molar-refractivity contribution in [1.29, 1.82) is 0 Å². The van der Waals surface area contributed by atoms with E-state index in [1.807, 2.05) is 0 Å². The minimum atomic E-state index is -0.151. The Morgan fingerprint density at radius 3 is 3.09 bits per heavy atom. The Bertz CT molecular complexity index is 726. The average molecular weight is 310 g/mol. The minimum Gasteiger partial charge on any atom is -0.466 e. The summed E-state index contributed by atoms with van der Waals surface area (Å²) >= 11 is 0. The molecule has 4 heteroatoms. The first-order valence-electron chi connectivity index (χ1n) is 8.68. The highest BCUT2D eigenvalue weighted by atomic mass is 16.5. The van der Waals surface area contributed by atoms with Gasteiger partial charge in [0.05, 0.1) is 18.1 Å². The van der Waals surface area contributed by atoms with Crippen LogP contribution in [0.15, 0.2) is 35.5 Å². The van der Waals surface area contributed by atoms with Crippen LogP contribution >= 0.6 is 0 Å². The molecule has 3 atom stereocenters. The second kappa shape index (κ2) is 4.60. The van der Waals surface area contributed by atoms with Gasteiger partial charge in [-0.05, 0) is 56.3 Å². The van der Waals surface area contributed by atoms with E-state index in [1.54, 1.807) is 0 Å². The summed E-state index contributed by atoms with van der Waals surface area (Å²) in [6.45, 7) is 2.33. The second-order valence-corrected chi connectivity index (χ2v) is 7.32. The molecule has 0 radical (unpaired) electrons. The van der Waals surface area contributed by atoms with Gasteiger partial charge < -0.3 is 10.1 Å². The number of fused-ring (bicyclic) bond motifs is 1. The number of carbonyl (C=O) groups excluding carboxylic acids is 1. The van der Waals surface area contributed by atoms with Gasteiger partial charge in [-0.25, -0.2) is 4.79 Å². The van der Waals surface area contributed by atoms with E-state index in [0.29, 0.717) is 12.0 Å². The number of piperidine rings is 1. The Balaban J connectivity index is 1.77. The van der Waals surface area contributed by atoms with Crippen LogP contribution in [0.5, 0.6) is 0 Å². The van der Waals surface area contributed by atoms with Crippen molar-refractivity contribution >= 4 is 11.7 Å². The van der Waals surface area contributed by atoms with Gasteiger partial charge in [0.25, 0.3) is 0 Å². The van der Waals surface area contributed by atoms with E-state index in [2.05, 4.69) is 34.5 Å². The van der Waals surface area contributed by atoms with Crippen molar-refractivity contribution in [3.8, 4) is 0 Å². The molecule has 3 heterocycles. The van der Waals surface area contributed by atoms with Gasteiger partial charge in [-0.3, -0.25) is 4.90 Å². The summed E-state index contributed by atoms with van der Waals surface area (Å²) in [6, 6.07) is 9.14. The van der Waals surface area contributed by atoms with Crippen LogP contribution in [0.1, 0.15) is 31.2 Å². The fraction of sp³-hybridized carbons (Fsp3) is 0.526. The van der Waals surface area contributed by atoms with Gasteiger partial charge in [-0.15, -0.1) is 0 Å². The van der Waals surface area contributed by atoms with E-state index >= 15 is 0 Å². The van der Waals surface area contributed by atoms with Crippen molar-refractivity contribution in [1.82, 2.24) is 4.90 Å². The summed E-state index contributed by atoms with van der Waals surface area (Å²) in [7, 11) is 1.50. The van der Waals surface area contributed by atoms with E-state index in [4.69, 9.17) is 4.74 Å². The Hall–Kier alpha value is -1.81. The van der Waals surface area contributed by atoms with Crippen molar-refractivity contribution in [2.75, 3.05) is 25.5 Å². The maximum absolute atomic E-state index is 12.5. The molecule has 1 aromatic rings. The summed E-state index contributed by atoms with van der Waals surface area (Å²) in [5.41, 5.74) is 4.56. The number of para-hydroxylation sites is 1. The molecule has 4 aliphatic rings. The van der Waals surface area contributed by atoms with Crippen LogP contribution < -0.4 is 5.32 Å². The summed E-state index contributed by atoms with van der Waals surface area (Å²) in [4.78, 5) is 15.1.